The number of carbonyl (C=O) groups is 1. The van der Waals surface area contributed by atoms with Crippen molar-refractivity contribution < 1.29 is 9.53 Å². The molecule has 0 aliphatic heterocycles. The van der Waals surface area contributed by atoms with E-state index in [-0.39, 0.29) is 5.91 Å². The van der Waals surface area contributed by atoms with Crippen LogP contribution >= 0.6 is 11.8 Å². The summed E-state index contributed by atoms with van der Waals surface area (Å²) in [5, 5.41) is 12.4. The number of fused-ring (bicyclic) bond motifs is 1. The van der Waals surface area contributed by atoms with Gasteiger partial charge >= 0.3 is 0 Å². The van der Waals surface area contributed by atoms with Gasteiger partial charge < -0.3 is 15.4 Å². The van der Waals surface area contributed by atoms with Gasteiger partial charge in [-0.05, 0) is 25.2 Å². The van der Waals surface area contributed by atoms with Crippen LogP contribution < -0.4 is 10.6 Å². The van der Waals surface area contributed by atoms with Crippen molar-refractivity contribution in [3.8, 4) is 0 Å². The summed E-state index contributed by atoms with van der Waals surface area (Å²) in [6, 6.07) is 8.00. The van der Waals surface area contributed by atoms with Gasteiger partial charge in [-0.25, -0.2) is 14.6 Å². The number of aryl methyl sites for hydroxylation is 1. The topological polar surface area (TPSA) is 94.0 Å². The third-order valence-electron chi connectivity index (χ3n) is 4.59. The summed E-state index contributed by atoms with van der Waals surface area (Å²) in [5.74, 6) is 1.64. The van der Waals surface area contributed by atoms with Crippen LogP contribution in [0.3, 0.4) is 0 Å². The molecule has 3 aromatic rings. The standard InChI is InChI=1S/C22H30N6O2S/c1-4-30-12-10-24-20-18-15-25-28(21(18)27-22(26-20)31-5-2)11-9-23-19(29)14-17-8-6-7-16(3)13-17/h6-8,13,15H,4-5,9-12,14H2,1-3H3,(H,23,29)(H,24,26,27). The first kappa shape index (κ1) is 23.0. The molecular weight excluding hydrogens is 412 g/mol. The summed E-state index contributed by atoms with van der Waals surface area (Å²) < 4.78 is 7.22. The van der Waals surface area contributed by atoms with Crippen LogP contribution in [0, 0.1) is 6.92 Å². The van der Waals surface area contributed by atoms with Gasteiger partial charge in [-0.15, -0.1) is 0 Å². The lowest BCUT2D eigenvalue weighted by atomic mass is 10.1. The first-order chi connectivity index (χ1) is 15.1. The van der Waals surface area contributed by atoms with Gasteiger partial charge in [-0.3, -0.25) is 4.79 Å². The Morgan fingerprint density at radius 1 is 1.23 bits per heavy atom. The van der Waals surface area contributed by atoms with Crippen LogP contribution in [0.4, 0.5) is 5.82 Å². The lowest BCUT2D eigenvalue weighted by Gasteiger charge is -2.10. The van der Waals surface area contributed by atoms with E-state index in [0.717, 1.165) is 33.7 Å². The maximum atomic E-state index is 12.3. The van der Waals surface area contributed by atoms with Crippen LogP contribution in [0.5, 0.6) is 0 Å². The molecule has 8 nitrogen and oxygen atoms in total. The second-order valence-electron chi connectivity index (χ2n) is 7.03. The predicted molar refractivity (Wildman–Crippen MR) is 125 cm³/mol. The van der Waals surface area contributed by atoms with Crippen LogP contribution in [0.1, 0.15) is 25.0 Å². The Hall–Kier alpha value is -2.65. The Bertz CT molecular complexity index is 1010. The van der Waals surface area contributed by atoms with Crippen LogP contribution in [0.2, 0.25) is 0 Å². The van der Waals surface area contributed by atoms with Gasteiger partial charge in [0, 0.05) is 19.7 Å². The summed E-state index contributed by atoms with van der Waals surface area (Å²) in [7, 11) is 0. The molecule has 0 saturated carbocycles. The van der Waals surface area contributed by atoms with Crippen LogP contribution in [0.25, 0.3) is 11.0 Å². The highest BCUT2D eigenvalue weighted by Gasteiger charge is 2.13. The minimum absolute atomic E-state index is 0.00260. The van der Waals surface area contributed by atoms with Crippen LogP contribution in [-0.2, 0) is 22.5 Å². The third kappa shape index (κ3) is 6.67. The second-order valence-corrected chi connectivity index (χ2v) is 8.26. The Kier molecular flexibility index (Phi) is 8.66. The monoisotopic (exact) mass is 442 g/mol. The number of aromatic nitrogens is 4. The first-order valence-corrected chi connectivity index (χ1v) is 11.6. The Balaban J connectivity index is 1.64. The molecular formula is C22H30N6O2S. The van der Waals surface area contributed by atoms with E-state index in [1.54, 1.807) is 18.0 Å². The molecule has 31 heavy (non-hydrogen) atoms. The van der Waals surface area contributed by atoms with Gasteiger partial charge in [-0.2, -0.15) is 5.10 Å². The molecule has 2 N–H and O–H groups in total. The number of anilines is 1. The molecule has 166 valence electrons. The fraction of sp³-hybridized carbons (Fsp3) is 0.455. The van der Waals surface area contributed by atoms with E-state index in [9.17, 15) is 4.79 Å². The van der Waals surface area contributed by atoms with E-state index >= 15 is 0 Å². The highest BCUT2D eigenvalue weighted by Crippen LogP contribution is 2.24. The molecule has 0 radical (unpaired) electrons. The zero-order chi connectivity index (χ0) is 22.1. The minimum atomic E-state index is -0.00260. The number of thioether (sulfide) groups is 1. The number of nitrogens with one attached hydrogen (secondary N) is 2. The van der Waals surface area contributed by atoms with Crippen molar-refractivity contribution in [3.05, 3.63) is 41.6 Å². The van der Waals surface area contributed by atoms with Crippen molar-refractivity contribution in [3.63, 3.8) is 0 Å². The van der Waals surface area contributed by atoms with Gasteiger partial charge in [-0.1, -0.05) is 48.5 Å². The Labute approximate surface area is 187 Å². The number of hydrogen-bond donors (Lipinski definition) is 2. The van der Waals surface area contributed by atoms with E-state index in [1.807, 2.05) is 42.8 Å². The van der Waals surface area contributed by atoms with Gasteiger partial charge in [0.25, 0.3) is 0 Å². The van der Waals surface area contributed by atoms with Gasteiger partial charge in [0.05, 0.1) is 31.2 Å². The number of ether oxygens (including phenoxy) is 1. The molecule has 0 unspecified atom stereocenters. The smallest absolute Gasteiger partial charge is 0.224 e. The summed E-state index contributed by atoms with van der Waals surface area (Å²) in [4.78, 5) is 21.6. The number of rotatable bonds is 12. The molecule has 3 rings (SSSR count). The normalized spacial score (nSPS) is 11.1. The molecule has 0 atom stereocenters. The fourth-order valence-corrected chi connectivity index (χ4v) is 3.75. The molecule has 1 amide bonds. The molecule has 0 fully saturated rings. The predicted octanol–water partition coefficient (Wildman–Crippen LogP) is 3.05. The third-order valence-corrected chi connectivity index (χ3v) is 5.31. The molecule has 9 heteroatoms. The molecule has 0 saturated heterocycles. The molecule has 0 aliphatic carbocycles. The molecule has 0 bridgehead atoms. The van der Waals surface area contributed by atoms with E-state index in [4.69, 9.17) is 4.74 Å². The Morgan fingerprint density at radius 2 is 2.10 bits per heavy atom. The maximum absolute atomic E-state index is 12.3. The second kappa shape index (κ2) is 11.7. The van der Waals surface area contributed by atoms with Crippen molar-refractivity contribution in [2.24, 2.45) is 0 Å². The quantitative estimate of drug-likeness (QED) is 0.253. The fourth-order valence-electron chi connectivity index (χ4n) is 3.18. The number of amides is 1. The van der Waals surface area contributed by atoms with Gasteiger partial charge in [0.1, 0.15) is 5.82 Å². The van der Waals surface area contributed by atoms with E-state index in [0.29, 0.717) is 44.4 Å². The number of hydrogen-bond acceptors (Lipinski definition) is 7. The van der Waals surface area contributed by atoms with Crippen molar-refractivity contribution in [2.45, 2.75) is 38.9 Å². The molecule has 0 aliphatic rings. The zero-order valence-corrected chi connectivity index (χ0v) is 19.2. The first-order valence-electron chi connectivity index (χ1n) is 10.6. The average molecular weight is 443 g/mol. The van der Waals surface area contributed by atoms with Crippen molar-refractivity contribution in [1.82, 2.24) is 25.1 Å². The molecule has 2 heterocycles. The Morgan fingerprint density at radius 3 is 2.87 bits per heavy atom. The van der Waals surface area contributed by atoms with Crippen LogP contribution in [-0.4, -0.2) is 57.7 Å². The lowest BCUT2D eigenvalue weighted by Crippen LogP contribution is -2.29. The van der Waals surface area contributed by atoms with Crippen LogP contribution in [0.15, 0.2) is 35.6 Å². The van der Waals surface area contributed by atoms with E-state index in [1.165, 1.54) is 0 Å². The van der Waals surface area contributed by atoms with E-state index < -0.39 is 0 Å². The maximum Gasteiger partial charge on any atom is 0.224 e. The zero-order valence-electron chi connectivity index (χ0n) is 18.4. The summed E-state index contributed by atoms with van der Waals surface area (Å²) in [5.41, 5.74) is 2.93. The van der Waals surface area contributed by atoms with Crippen molar-refractivity contribution in [1.29, 1.82) is 0 Å². The number of nitrogens with zero attached hydrogens (tertiary/aromatic N) is 4. The highest BCUT2D eigenvalue weighted by molar-refractivity contribution is 7.99. The minimum Gasteiger partial charge on any atom is -0.380 e. The lowest BCUT2D eigenvalue weighted by molar-refractivity contribution is -0.120. The summed E-state index contributed by atoms with van der Waals surface area (Å²) >= 11 is 1.59. The van der Waals surface area contributed by atoms with Crippen molar-refractivity contribution >= 4 is 34.5 Å². The van der Waals surface area contributed by atoms with Crippen molar-refractivity contribution in [2.75, 3.05) is 37.4 Å². The van der Waals surface area contributed by atoms with Gasteiger partial charge in [0.2, 0.25) is 5.91 Å². The summed E-state index contributed by atoms with van der Waals surface area (Å²) in [6.07, 6.45) is 2.14. The number of benzene rings is 1. The molecule has 1 aromatic carbocycles. The summed E-state index contributed by atoms with van der Waals surface area (Å²) in [6.45, 7) is 9.05. The SMILES string of the molecule is CCOCCNc1nc(SCC)nc2c1cnn2CCNC(=O)Cc1cccc(C)c1. The average Bonchev–Trinajstić information content (AvgIpc) is 3.14. The highest BCUT2D eigenvalue weighted by atomic mass is 32.2. The largest absolute Gasteiger partial charge is 0.380 e. The molecule has 0 spiro atoms. The van der Waals surface area contributed by atoms with E-state index in [2.05, 4.69) is 32.6 Å². The molecule has 2 aromatic heterocycles. The number of carbonyl (C=O) groups excluding carboxylic acids is 1. The van der Waals surface area contributed by atoms with Gasteiger partial charge in [0.15, 0.2) is 10.8 Å².